The standard InChI is InChI=1S/C13H13N7O4S/c14-11-16-8(17-12(15)18-11)6-23-9(21)3-4-20-13(22)24-10(19-20)7-2-1-5-25-7/h1-2,5H,3-4,6H2,(H4,14,15,16,17,18). The number of nitrogen functional groups attached to an aromatic ring is 2. The van der Waals surface area contributed by atoms with Gasteiger partial charge in [-0.25, -0.2) is 4.79 Å². The molecule has 0 unspecified atom stereocenters. The lowest BCUT2D eigenvalue weighted by Gasteiger charge is -2.04. The molecular formula is C13H13N7O4S. The molecule has 25 heavy (non-hydrogen) atoms. The number of rotatable bonds is 6. The number of carbonyl (C=O) groups is 1. The zero-order valence-corrected chi connectivity index (χ0v) is 13.6. The second-order valence-electron chi connectivity index (χ2n) is 4.75. The van der Waals surface area contributed by atoms with E-state index in [1.165, 1.54) is 11.3 Å². The smallest absolute Gasteiger partial charge is 0.437 e. The number of carbonyl (C=O) groups excluding carboxylic acids is 1. The number of anilines is 2. The Hall–Kier alpha value is -3.28. The van der Waals surface area contributed by atoms with Gasteiger partial charge in [-0.05, 0) is 11.4 Å². The van der Waals surface area contributed by atoms with Crippen LogP contribution in [-0.2, 0) is 22.7 Å². The summed E-state index contributed by atoms with van der Waals surface area (Å²) < 4.78 is 11.1. The van der Waals surface area contributed by atoms with Crippen molar-refractivity contribution >= 4 is 29.2 Å². The maximum absolute atomic E-state index is 11.8. The van der Waals surface area contributed by atoms with Crippen molar-refractivity contribution in [3.8, 4) is 10.8 Å². The first-order valence-electron chi connectivity index (χ1n) is 7.04. The Morgan fingerprint density at radius 2 is 2.04 bits per heavy atom. The van der Waals surface area contributed by atoms with Crippen molar-refractivity contribution in [3.63, 3.8) is 0 Å². The van der Waals surface area contributed by atoms with E-state index in [2.05, 4.69) is 20.1 Å². The zero-order chi connectivity index (χ0) is 17.8. The molecule has 0 aliphatic rings. The second kappa shape index (κ2) is 7.09. The van der Waals surface area contributed by atoms with Crippen molar-refractivity contribution in [3.05, 3.63) is 33.9 Å². The van der Waals surface area contributed by atoms with E-state index < -0.39 is 11.7 Å². The number of esters is 1. The van der Waals surface area contributed by atoms with Crippen LogP contribution in [0.4, 0.5) is 11.9 Å². The van der Waals surface area contributed by atoms with Crippen LogP contribution in [0, 0.1) is 0 Å². The van der Waals surface area contributed by atoms with Crippen molar-refractivity contribution in [1.82, 2.24) is 24.7 Å². The fraction of sp³-hybridized carbons (Fsp3) is 0.231. The van der Waals surface area contributed by atoms with Gasteiger partial charge in [-0.2, -0.15) is 19.6 Å². The van der Waals surface area contributed by atoms with Crippen LogP contribution in [0.2, 0.25) is 0 Å². The third-order valence-electron chi connectivity index (χ3n) is 2.94. The van der Waals surface area contributed by atoms with Gasteiger partial charge in [0, 0.05) is 0 Å². The number of hydrogen-bond donors (Lipinski definition) is 2. The molecule has 3 aromatic rings. The number of thiophene rings is 1. The average molecular weight is 363 g/mol. The van der Waals surface area contributed by atoms with Crippen molar-refractivity contribution in [2.45, 2.75) is 19.6 Å². The third kappa shape index (κ3) is 4.17. The maximum atomic E-state index is 11.8. The van der Waals surface area contributed by atoms with Crippen LogP contribution in [-0.4, -0.2) is 30.7 Å². The van der Waals surface area contributed by atoms with Crippen LogP contribution < -0.4 is 17.2 Å². The molecule has 130 valence electrons. The first-order chi connectivity index (χ1) is 12.0. The summed E-state index contributed by atoms with van der Waals surface area (Å²) in [7, 11) is 0. The van der Waals surface area contributed by atoms with Crippen LogP contribution in [0.1, 0.15) is 12.2 Å². The molecule has 0 bridgehead atoms. The van der Waals surface area contributed by atoms with Crippen LogP contribution in [0.15, 0.2) is 26.7 Å². The highest BCUT2D eigenvalue weighted by Gasteiger charge is 2.13. The molecule has 0 fully saturated rings. The van der Waals surface area contributed by atoms with Gasteiger partial charge in [0.1, 0.15) is 0 Å². The Balaban J connectivity index is 1.55. The van der Waals surface area contributed by atoms with E-state index >= 15 is 0 Å². The molecule has 0 aliphatic carbocycles. The molecule has 3 aromatic heterocycles. The lowest BCUT2D eigenvalue weighted by molar-refractivity contribution is -0.145. The van der Waals surface area contributed by atoms with Gasteiger partial charge >= 0.3 is 11.7 Å². The summed E-state index contributed by atoms with van der Waals surface area (Å²) >= 11 is 1.39. The number of hydrogen-bond acceptors (Lipinski definition) is 11. The maximum Gasteiger partial charge on any atom is 0.437 e. The van der Waals surface area contributed by atoms with E-state index in [9.17, 15) is 9.59 Å². The van der Waals surface area contributed by atoms with E-state index in [1.54, 1.807) is 6.07 Å². The van der Waals surface area contributed by atoms with Gasteiger partial charge in [0.2, 0.25) is 11.9 Å². The van der Waals surface area contributed by atoms with Gasteiger partial charge in [0.25, 0.3) is 5.89 Å². The predicted molar refractivity (Wildman–Crippen MR) is 87.1 cm³/mol. The number of aromatic nitrogens is 5. The normalized spacial score (nSPS) is 10.7. The Kier molecular flexibility index (Phi) is 4.70. The summed E-state index contributed by atoms with van der Waals surface area (Å²) in [6.45, 7) is -0.183. The topological polar surface area (TPSA) is 165 Å². The van der Waals surface area contributed by atoms with Crippen molar-refractivity contribution < 1.29 is 13.9 Å². The fourth-order valence-electron chi connectivity index (χ4n) is 1.88. The molecule has 3 rings (SSSR count). The minimum Gasteiger partial charge on any atom is -0.457 e. The Morgan fingerprint density at radius 1 is 1.28 bits per heavy atom. The molecule has 0 saturated heterocycles. The molecule has 0 amide bonds. The van der Waals surface area contributed by atoms with Crippen molar-refractivity contribution in [2.24, 2.45) is 0 Å². The van der Waals surface area contributed by atoms with Crippen molar-refractivity contribution in [1.29, 1.82) is 0 Å². The van der Waals surface area contributed by atoms with E-state index in [0.29, 0.717) is 0 Å². The van der Waals surface area contributed by atoms with Gasteiger partial charge in [-0.15, -0.1) is 16.4 Å². The molecule has 11 nitrogen and oxygen atoms in total. The summed E-state index contributed by atoms with van der Waals surface area (Å²) in [6, 6.07) is 3.59. The molecule has 0 saturated carbocycles. The zero-order valence-electron chi connectivity index (χ0n) is 12.8. The Bertz CT molecular complexity index is 914. The molecule has 0 spiro atoms. The number of aryl methyl sites for hydroxylation is 1. The van der Waals surface area contributed by atoms with Crippen LogP contribution in [0.5, 0.6) is 0 Å². The van der Waals surface area contributed by atoms with Crippen LogP contribution in [0.3, 0.4) is 0 Å². The largest absolute Gasteiger partial charge is 0.457 e. The number of nitrogens with two attached hydrogens (primary N) is 2. The second-order valence-corrected chi connectivity index (χ2v) is 5.70. The lowest BCUT2D eigenvalue weighted by atomic mass is 10.4. The first-order valence-corrected chi connectivity index (χ1v) is 7.92. The summed E-state index contributed by atoms with van der Waals surface area (Å²) in [5, 5.41) is 5.88. The summed E-state index contributed by atoms with van der Waals surface area (Å²) in [5.74, 6) is -0.983. The van der Waals surface area contributed by atoms with E-state index in [0.717, 1.165) is 9.56 Å². The molecule has 12 heteroatoms. The minimum atomic E-state index is -0.644. The number of nitrogens with zero attached hydrogens (tertiary/aromatic N) is 5. The van der Waals surface area contributed by atoms with Gasteiger partial charge in [-0.1, -0.05) is 6.07 Å². The highest BCUT2D eigenvalue weighted by molar-refractivity contribution is 7.13. The SMILES string of the molecule is Nc1nc(N)nc(COC(=O)CCn2nc(-c3cccs3)oc2=O)n1. The first kappa shape index (κ1) is 16.6. The molecule has 0 aliphatic heterocycles. The molecule has 0 radical (unpaired) electrons. The van der Waals surface area contributed by atoms with E-state index in [-0.39, 0.29) is 43.2 Å². The van der Waals surface area contributed by atoms with E-state index in [1.807, 2.05) is 11.4 Å². The lowest BCUT2D eigenvalue weighted by Crippen LogP contribution is -2.19. The Morgan fingerprint density at radius 3 is 2.72 bits per heavy atom. The highest BCUT2D eigenvalue weighted by Crippen LogP contribution is 2.21. The summed E-state index contributed by atoms with van der Waals surface area (Å²) in [6.07, 6.45) is -0.0770. The molecule has 4 N–H and O–H groups in total. The molecular weight excluding hydrogens is 350 g/mol. The molecule has 3 heterocycles. The molecule has 0 atom stereocenters. The monoisotopic (exact) mass is 363 g/mol. The fourth-order valence-corrected chi connectivity index (χ4v) is 2.53. The number of ether oxygens (including phenoxy) is 1. The summed E-state index contributed by atoms with van der Waals surface area (Å²) in [5.41, 5.74) is 10.8. The van der Waals surface area contributed by atoms with Gasteiger partial charge in [0.15, 0.2) is 12.4 Å². The van der Waals surface area contributed by atoms with Gasteiger partial charge in [0.05, 0.1) is 17.8 Å². The van der Waals surface area contributed by atoms with Crippen LogP contribution in [0.25, 0.3) is 10.8 Å². The third-order valence-corrected chi connectivity index (χ3v) is 3.80. The quantitative estimate of drug-likeness (QED) is 0.571. The molecule has 0 aromatic carbocycles. The Labute approximate surface area is 144 Å². The van der Waals surface area contributed by atoms with Gasteiger partial charge in [-0.3, -0.25) is 4.79 Å². The average Bonchev–Trinajstić information content (AvgIpc) is 3.19. The van der Waals surface area contributed by atoms with Gasteiger partial charge < -0.3 is 20.6 Å². The van der Waals surface area contributed by atoms with Crippen LogP contribution >= 0.6 is 11.3 Å². The highest BCUT2D eigenvalue weighted by atomic mass is 32.1. The summed E-state index contributed by atoms with van der Waals surface area (Å²) in [4.78, 5) is 35.4. The van der Waals surface area contributed by atoms with Crippen molar-refractivity contribution in [2.75, 3.05) is 11.5 Å². The predicted octanol–water partition coefficient (Wildman–Crippen LogP) is 0.0477. The minimum absolute atomic E-state index is 0.0218. The van der Waals surface area contributed by atoms with E-state index in [4.69, 9.17) is 20.6 Å².